The predicted octanol–water partition coefficient (Wildman–Crippen LogP) is 2.86. The van der Waals surface area contributed by atoms with Crippen LogP contribution in [0, 0.1) is 5.41 Å². The van der Waals surface area contributed by atoms with Crippen LogP contribution in [0.15, 0.2) is 8.68 Å². The lowest BCUT2D eigenvalue weighted by Gasteiger charge is -2.19. The van der Waals surface area contributed by atoms with E-state index in [-0.39, 0.29) is 11.9 Å². The van der Waals surface area contributed by atoms with Gasteiger partial charge in [-0.2, -0.15) is 0 Å². The Morgan fingerprint density at radius 2 is 2.25 bits per heavy atom. The van der Waals surface area contributed by atoms with Crippen LogP contribution in [0.5, 0.6) is 0 Å². The quantitative estimate of drug-likeness (QED) is 0.388. The number of hydrogen-bond donors (Lipinski definition) is 1. The maximum absolute atomic E-state index is 11.6. The number of esters is 1. The van der Waals surface area contributed by atoms with Crippen molar-refractivity contribution in [2.75, 3.05) is 5.94 Å². The first-order valence-electron chi connectivity index (χ1n) is 4.78. The normalized spacial score (nSPS) is 11.5. The summed E-state index contributed by atoms with van der Waals surface area (Å²) in [5.74, 6) is 0.0862. The van der Waals surface area contributed by atoms with E-state index in [0.717, 1.165) is 10.8 Å². The fraction of sp³-hybridized carbons (Fsp3) is 0.667. The molecule has 0 saturated carbocycles. The van der Waals surface area contributed by atoms with Gasteiger partial charge in [0.15, 0.2) is 8.68 Å². The van der Waals surface area contributed by atoms with Crippen molar-refractivity contribution in [1.29, 1.82) is 0 Å². The third-order valence-electron chi connectivity index (χ3n) is 2.20. The minimum Gasteiger partial charge on any atom is -0.454 e. The lowest BCUT2D eigenvalue weighted by atomic mass is 9.91. The van der Waals surface area contributed by atoms with Crippen molar-refractivity contribution in [3.8, 4) is 0 Å². The van der Waals surface area contributed by atoms with Crippen molar-refractivity contribution in [1.82, 2.24) is 10.2 Å². The van der Waals surface area contributed by atoms with Gasteiger partial charge in [-0.25, -0.2) is 0 Å². The van der Waals surface area contributed by atoms with Crippen LogP contribution in [0.3, 0.4) is 0 Å². The molecule has 1 aromatic heterocycles. The molecule has 0 N–H and O–H groups in total. The van der Waals surface area contributed by atoms with Crippen LogP contribution >= 0.6 is 35.7 Å². The second-order valence-corrected chi connectivity index (χ2v) is 6.66. The molecule has 0 unspecified atom stereocenters. The summed E-state index contributed by atoms with van der Waals surface area (Å²) < 4.78 is 6.52. The lowest BCUT2D eigenvalue weighted by molar-refractivity contribution is -0.151. The van der Waals surface area contributed by atoms with Crippen molar-refractivity contribution in [2.45, 2.75) is 35.9 Å². The molecule has 90 valence electrons. The molecule has 0 saturated heterocycles. The Balaban J connectivity index is 2.33. The summed E-state index contributed by atoms with van der Waals surface area (Å²) in [4.78, 5) is 11.6. The van der Waals surface area contributed by atoms with Gasteiger partial charge in [0.2, 0.25) is 0 Å². The second-order valence-electron chi connectivity index (χ2n) is 3.78. The first-order chi connectivity index (χ1) is 7.45. The molecule has 0 aliphatic carbocycles. The van der Waals surface area contributed by atoms with E-state index >= 15 is 0 Å². The number of carbonyl (C=O) groups excluding carboxylic acids is 1. The highest BCUT2D eigenvalue weighted by Gasteiger charge is 2.26. The van der Waals surface area contributed by atoms with Gasteiger partial charge < -0.3 is 4.74 Å². The summed E-state index contributed by atoms with van der Waals surface area (Å²) in [5.41, 5.74) is -0.420. The van der Waals surface area contributed by atoms with E-state index in [4.69, 9.17) is 4.74 Å². The van der Waals surface area contributed by atoms with Crippen molar-refractivity contribution in [3.05, 3.63) is 0 Å². The number of nitrogens with zero attached hydrogens (tertiary/aromatic N) is 2. The summed E-state index contributed by atoms with van der Waals surface area (Å²) in [6.07, 6.45) is 0.760. The van der Waals surface area contributed by atoms with E-state index < -0.39 is 5.41 Å². The van der Waals surface area contributed by atoms with Crippen LogP contribution in [0.2, 0.25) is 0 Å². The maximum atomic E-state index is 11.6. The average Bonchev–Trinajstić information content (AvgIpc) is 2.64. The minimum atomic E-state index is -0.420. The van der Waals surface area contributed by atoms with Crippen molar-refractivity contribution in [2.24, 2.45) is 5.41 Å². The number of aromatic nitrogens is 2. The molecule has 0 aromatic carbocycles. The minimum absolute atomic E-state index is 0.182. The third-order valence-corrected chi connectivity index (χ3v) is 4.26. The zero-order valence-electron chi connectivity index (χ0n) is 9.39. The fourth-order valence-corrected chi connectivity index (χ4v) is 2.53. The Morgan fingerprint density at radius 1 is 1.56 bits per heavy atom. The van der Waals surface area contributed by atoms with Gasteiger partial charge in [0.1, 0.15) is 5.94 Å². The van der Waals surface area contributed by atoms with Gasteiger partial charge in [-0.1, -0.05) is 30.0 Å². The van der Waals surface area contributed by atoms with Crippen LogP contribution in [-0.4, -0.2) is 22.1 Å². The molecule has 0 fully saturated rings. The molecule has 0 atom stereocenters. The zero-order valence-corrected chi connectivity index (χ0v) is 11.9. The summed E-state index contributed by atoms with van der Waals surface area (Å²) in [6, 6.07) is 0. The van der Waals surface area contributed by atoms with E-state index in [1.54, 1.807) is 0 Å². The van der Waals surface area contributed by atoms with Crippen molar-refractivity contribution >= 4 is 41.7 Å². The van der Waals surface area contributed by atoms with E-state index in [1.807, 2.05) is 20.8 Å². The Labute approximate surface area is 109 Å². The molecule has 0 radical (unpaired) electrons. The smallest absolute Gasteiger partial charge is 0.312 e. The lowest BCUT2D eigenvalue weighted by Crippen LogP contribution is -2.25. The van der Waals surface area contributed by atoms with Crippen LogP contribution in [-0.2, 0) is 9.53 Å². The molecule has 0 bridgehead atoms. The largest absolute Gasteiger partial charge is 0.454 e. The number of ether oxygens (including phenoxy) is 1. The first kappa shape index (κ1) is 13.8. The topological polar surface area (TPSA) is 52.1 Å². The van der Waals surface area contributed by atoms with E-state index in [1.165, 1.54) is 23.1 Å². The number of rotatable bonds is 5. The SMILES string of the molecule is CCC(C)(C)C(=O)OCSc1nnc(S)s1. The molecular weight excluding hydrogens is 264 g/mol. The van der Waals surface area contributed by atoms with Gasteiger partial charge in [-0.3, -0.25) is 4.79 Å². The second kappa shape index (κ2) is 5.88. The Hall–Kier alpha value is -0.270. The Morgan fingerprint density at radius 3 is 2.75 bits per heavy atom. The van der Waals surface area contributed by atoms with Crippen molar-refractivity contribution < 1.29 is 9.53 Å². The van der Waals surface area contributed by atoms with Gasteiger partial charge in [0.05, 0.1) is 5.41 Å². The molecule has 0 spiro atoms. The van der Waals surface area contributed by atoms with Crippen LogP contribution < -0.4 is 0 Å². The van der Waals surface area contributed by atoms with E-state index in [2.05, 4.69) is 22.8 Å². The molecule has 0 aliphatic heterocycles. The van der Waals surface area contributed by atoms with Crippen LogP contribution in [0.4, 0.5) is 0 Å². The molecular formula is C9H14N2O2S3. The van der Waals surface area contributed by atoms with Gasteiger partial charge in [0.25, 0.3) is 0 Å². The Bertz CT molecular complexity index is 365. The highest BCUT2D eigenvalue weighted by molar-refractivity contribution is 8.01. The summed E-state index contributed by atoms with van der Waals surface area (Å²) >= 11 is 6.77. The molecule has 0 amide bonds. The number of carbonyl (C=O) groups is 1. The molecule has 1 heterocycles. The standard InChI is InChI=1S/C9H14N2O2S3/c1-4-9(2,3)6(12)13-5-15-8-11-10-7(14)16-8/h4-5H2,1-3H3,(H,10,14). The molecule has 0 aliphatic rings. The van der Waals surface area contributed by atoms with Gasteiger partial charge in [-0.05, 0) is 20.3 Å². The van der Waals surface area contributed by atoms with E-state index in [9.17, 15) is 4.79 Å². The first-order valence-corrected chi connectivity index (χ1v) is 7.03. The average molecular weight is 278 g/mol. The predicted molar refractivity (Wildman–Crippen MR) is 68.0 cm³/mol. The number of thiol groups is 1. The highest BCUT2D eigenvalue weighted by atomic mass is 32.2. The number of thioether (sulfide) groups is 1. The summed E-state index contributed by atoms with van der Waals surface area (Å²) in [5, 5.41) is 7.61. The van der Waals surface area contributed by atoms with Crippen molar-refractivity contribution in [3.63, 3.8) is 0 Å². The molecule has 4 nitrogen and oxygen atoms in total. The molecule has 16 heavy (non-hydrogen) atoms. The monoisotopic (exact) mass is 278 g/mol. The van der Waals surface area contributed by atoms with Gasteiger partial charge in [0, 0.05) is 0 Å². The maximum Gasteiger partial charge on any atom is 0.312 e. The van der Waals surface area contributed by atoms with Crippen LogP contribution in [0.1, 0.15) is 27.2 Å². The highest BCUT2D eigenvalue weighted by Crippen LogP contribution is 2.26. The fourth-order valence-electron chi connectivity index (χ4n) is 0.734. The molecule has 1 rings (SSSR count). The zero-order chi connectivity index (χ0) is 12.2. The van der Waals surface area contributed by atoms with E-state index in [0.29, 0.717) is 4.34 Å². The Kier molecular flexibility index (Phi) is 5.07. The summed E-state index contributed by atoms with van der Waals surface area (Å²) in [7, 11) is 0. The summed E-state index contributed by atoms with van der Waals surface area (Å²) in [6.45, 7) is 5.71. The third kappa shape index (κ3) is 3.95. The van der Waals surface area contributed by atoms with Gasteiger partial charge >= 0.3 is 5.97 Å². The number of hydrogen-bond acceptors (Lipinski definition) is 7. The van der Waals surface area contributed by atoms with Gasteiger partial charge in [-0.15, -0.1) is 22.8 Å². The molecule has 7 heteroatoms. The molecule has 1 aromatic rings. The van der Waals surface area contributed by atoms with Crippen LogP contribution in [0.25, 0.3) is 0 Å².